The van der Waals surface area contributed by atoms with Gasteiger partial charge in [0.25, 0.3) is 0 Å². The lowest BCUT2D eigenvalue weighted by molar-refractivity contribution is -0.131. The van der Waals surface area contributed by atoms with Crippen LogP contribution in [0.2, 0.25) is 0 Å². The van der Waals surface area contributed by atoms with E-state index in [-0.39, 0.29) is 11.9 Å². The molecule has 1 atom stereocenters. The van der Waals surface area contributed by atoms with Crippen LogP contribution in [0.5, 0.6) is 0 Å². The number of fused-ring (bicyclic) bond motifs is 1. The van der Waals surface area contributed by atoms with E-state index in [0.717, 1.165) is 23.2 Å². The Morgan fingerprint density at radius 1 is 1.15 bits per heavy atom. The zero-order valence-corrected chi connectivity index (χ0v) is 15.8. The number of benzene rings is 2. The molecule has 0 bridgehead atoms. The second-order valence-electron chi connectivity index (χ2n) is 7.25. The number of hydrogen-bond donors (Lipinski definition) is 0. The van der Waals surface area contributed by atoms with Crippen LogP contribution in [0.25, 0.3) is 5.69 Å². The normalized spacial score (nSPS) is 14.0. The van der Waals surface area contributed by atoms with E-state index in [9.17, 15) is 4.79 Å². The minimum absolute atomic E-state index is 0.0109. The third kappa shape index (κ3) is 3.63. The Bertz CT molecular complexity index is 931. The van der Waals surface area contributed by atoms with Crippen molar-refractivity contribution in [1.82, 2.24) is 19.7 Å². The van der Waals surface area contributed by atoms with Gasteiger partial charge in [-0.25, -0.2) is 9.67 Å². The van der Waals surface area contributed by atoms with Crippen molar-refractivity contribution in [3.63, 3.8) is 0 Å². The van der Waals surface area contributed by atoms with Crippen LogP contribution >= 0.6 is 0 Å². The molecule has 0 radical (unpaired) electrons. The maximum Gasteiger partial charge on any atom is 0.227 e. The highest BCUT2D eigenvalue weighted by Gasteiger charge is 2.19. The molecule has 3 aromatic rings. The van der Waals surface area contributed by atoms with Gasteiger partial charge in [-0.2, -0.15) is 5.10 Å². The fourth-order valence-corrected chi connectivity index (χ4v) is 3.72. The summed E-state index contributed by atoms with van der Waals surface area (Å²) in [5.41, 5.74) is 6.03. The molecule has 0 spiro atoms. The van der Waals surface area contributed by atoms with Gasteiger partial charge in [-0.15, -0.1) is 0 Å². The summed E-state index contributed by atoms with van der Waals surface area (Å²) in [6.07, 6.45) is 7.18. The third-order valence-corrected chi connectivity index (χ3v) is 5.55. The highest BCUT2D eigenvalue weighted by molar-refractivity contribution is 5.79. The number of carbonyl (C=O) groups excluding carboxylic acids is 1. The van der Waals surface area contributed by atoms with Crippen molar-refractivity contribution in [2.45, 2.75) is 38.6 Å². The predicted molar refractivity (Wildman–Crippen MR) is 105 cm³/mol. The molecule has 0 saturated carbocycles. The lowest BCUT2D eigenvalue weighted by Gasteiger charge is -2.26. The van der Waals surface area contributed by atoms with Crippen molar-refractivity contribution in [2.24, 2.45) is 0 Å². The molecular weight excluding hydrogens is 336 g/mol. The summed E-state index contributed by atoms with van der Waals surface area (Å²) in [4.78, 5) is 18.6. The van der Waals surface area contributed by atoms with Crippen molar-refractivity contribution in [3.8, 4) is 5.69 Å². The highest BCUT2D eigenvalue weighted by atomic mass is 16.2. The number of rotatable bonds is 5. The van der Waals surface area contributed by atoms with Crippen molar-refractivity contribution < 1.29 is 4.79 Å². The number of likely N-dealkylation sites (N-methyl/N-ethyl adjacent to an activating group) is 1. The average Bonchev–Trinajstić information content (AvgIpc) is 3.38. The molecule has 0 fully saturated rings. The number of aryl methyl sites for hydroxylation is 2. The van der Waals surface area contributed by atoms with Crippen molar-refractivity contribution in [1.29, 1.82) is 0 Å². The van der Waals surface area contributed by atoms with Crippen LogP contribution in [0.15, 0.2) is 55.1 Å². The highest BCUT2D eigenvalue weighted by Crippen LogP contribution is 2.24. The zero-order chi connectivity index (χ0) is 18.8. The molecule has 138 valence electrons. The Labute approximate surface area is 159 Å². The first-order valence-corrected chi connectivity index (χ1v) is 9.43. The van der Waals surface area contributed by atoms with Gasteiger partial charge in [0.05, 0.1) is 18.2 Å². The SMILES string of the molecule is C[C@H](c1ccc(-n2cncn2)cc1)N(C)C(=O)Cc1ccc2c(c1)CCC2. The van der Waals surface area contributed by atoms with Gasteiger partial charge in [0, 0.05) is 7.05 Å². The summed E-state index contributed by atoms with van der Waals surface area (Å²) < 4.78 is 1.72. The molecular formula is C22H24N4O. The van der Waals surface area contributed by atoms with E-state index < -0.39 is 0 Å². The van der Waals surface area contributed by atoms with Crippen LogP contribution in [-0.2, 0) is 24.1 Å². The Hall–Kier alpha value is -2.95. The number of hydrogen-bond acceptors (Lipinski definition) is 3. The minimum atomic E-state index is 0.0109. The number of aromatic nitrogens is 3. The molecule has 27 heavy (non-hydrogen) atoms. The first kappa shape index (κ1) is 17.5. The van der Waals surface area contributed by atoms with Gasteiger partial charge >= 0.3 is 0 Å². The topological polar surface area (TPSA) is 51.0 Å². The van der Waals surface area contributed by atoms with Gasteiger partial charge in [0.15, 0.2) is 0 Å². The summed E-state index contributed by atoms with van der Waals surface area (Å²) in [5.74, 6) is 0.140. The molecule has 4 rings (SSSR count). The predicted octanol–water partition coefficient (Wildman–Crippen LogP) is 3.52. The molecule has 5 heteroatoms. The van der Waals surface area contributed by atoms with Gasteiger partial charge in [-0.1, -0.05) is 30.3 Å². The molecule has 1 aromatic heterocycles. The van der Waals surface area contributed by atoms with E-state index in [0.29, 0.717) is 6.42 Å². The van der Waals surface area contributed by atoms with Crippen molar-refractivity contribution in [3.05, 3.63) is 77.4 Å². The monoisotopic (exact) mass is 360 g/mol. The zero-order valence-electron chi connectivity index (χ0n) is 15.8. The molecule has 1 aliphatic carbocycles. The van der Waals surface area contributed by atoms with E-state index in [1.54, 1.807) is 11.0 Å². The quantitative estimate of drug-likeness (QED) is 0.699. The molecule has 1 amide bonds. The maximum absolute atomic E-state index is 12.8. The summed E-state index contributed by atoms with van der Waals surface area (Å²) in [6, 6.07) is 14.6. The average molecular weight is 360 g/mol. The lowest BCUT2D eigenvalue weighted by atomic mass is 10.0. The Balaban J connectivity index is 1.43. The van der Waals surface area contributed by atoms with Crippen molar-refractivity contribution >= 4 is 5.91 Å². The van der Waals surface area contributed by atoms with Crippen LogP contribution in [0, 0.1) is 0 Å². The smallest absolute Gasteiger partial charge is 0.227 e. The van der Waals surface area contributed by atoms with E-state index in [1.807, 2.05) is 36.2 Å². The number of carbonyl (C=O) groups is 1. The molecule has 2 aromatic carbocycles. The molecule has 0 unspecified atom stereocenters. The lowest BCUT2D eigenvalue weighted by Crippen LogP contribution is -2.31. The fourth-order valence-electron chi connectivity index (χ4n) is 3.72. The van der Waals surface area contributed by atoms with Crippen molar-refractivity contribution in [2.75, 3.05) is 7.05 Å². The second kappa shape index (κ2) is 7.35. The van der Waals surface area contributed by atoms with E-state index in [2.05, 4.69) is 35.2 Å². The third-order valence-electron chi connectivity index (χ3n) is 5.55. The first-order valence-electron chi connectivity index (χ1n) is 9.43. The summed E-state index contributed by atoms with van der Waals surface area (Å²) >= 11 is 0. The van der Waals surface area contributed by atoms with Gasteiger partial charge in [-0.3, -0.25) is 4.79 Å². The molecule has 0 aliphatic heterocycles. The summed E-state index contributed by atoms with van der Waals surface area (Å²) in [5, 5.41) is 4.14. The van der Waals surface area contributed by atoms with Crippen LogP contribution in [-0.4, -0.2) is 32.6 Å². The van der Waals surface area contributed by atoms with Gasteiger partial charge in [0.1, 0.15) is 12.7 Å². The van der Waals surface area contributed by atoms with Gasteiger partial charge in [0.2, 0.25) is 5.91 Å². The molecule has 1 heterocycles. The van der Waals surface area contributed by atoms with E-state index in [1.165, 1.54) is 30.3 Å². The molecule has 1 aliphatic rings. The Morgan fingerprint density at radius 3 is 2.67 bits per heavy atom. The van der Waals surface area contributed by atoms with E-state index >= 15 is 0 Å². The molecule has 5 nitrogen and oxygen atoms in total. The van der Waals surface area contributed by atoms with Gasteiger partial charge < -0.3 is 4.90 Å². The number of nitrogens with zero attached hydrogens (tertiary/aromatic N) is 4. The molecule has 0 N–H and O–H groups in total. The maximum atomic E-state index is 12.8. The van der Waals surface area contributed by atoms with Crippen LogP contribution < -0.4 is 0 Å². The van der Waals surface area contributed by atoms with Crippen LogP contribution in [0.1, 0.15) is 41.6 Å². The Morgan fingerprint density at radius 2 is 1.93 bits per heavy atom. The second-order valence-corrected chi connectivity index (χ2v) is 7.25. The minimum Gasteiger partial charge on any atom is -0.339 e. The summed E-state index contributed by atoms with van der Waals surface area (Å²) in [7, 11) is 1.88. The fraction of sp³-hybridized carbons (Fsp3) is 0.318. The van der Waals surface area contributed by atoms with Crippen LogP contribution in [0.4, 0.5) is 0 Å². The number of amides is 1. The van der Waals surface area contributed by atoms with E-state index in [4.69, 9.17) is 0 Å². The molecule has 0 saturated heterocycles. The standard InChI is InChI=1S/C22H24N4O/c1-16(18-8-10-21(11-9-18)26-15-23-14-24-26)25(2)22(27)13-17-6-7-19-4-3-5-20(19)12-17/h6-12,14-16H,3-5,13H2,1-2H3/t16-/m1/s1. The van der Waals surface area contributed by atoms with Gasteiger partial charge in [-0.05, 0) is 60.6 Å². The first-order chi connectivity index (χ1) is 13.1. The summed E-state index contributed by atoms with van der Waals surface area (Å²) in [6.45, 7) is 2.06. The van der Waals surface area contributed by atoms with Crippen LogP contribution in [0.3, 0.4) is 0 Å². The largest absolute Gasteiger partial charge is 0.339 e. The Kier molecular flexibility index (Phi) is 4.75.